The summed E-state index contributed by atoms with van der Waals surface area (Å²) < 4.78 is 0. The number of benzene rings is 2. The van der Waals surface area contributed by atoms with Crippen molar-refractivity contribution in [3.05, 3.63) is 75.8 Å². The topological polar surface area (TPSA) is 17.1 Å². The average molecular weight is 305 g/mol. The van der Waals surface area contributed by atoms with Gasteiger partial charge < -0.3 is 0 Å². The van der Waals surface area contributed by atoms with Crippen LogP contribution in [-0.2, 0) is 11.2 Å². The Labute approximate surface area is 128 Å². The molecular formula is C17H14Cl2O. The van der Waals surface area contributed by atoms with Gasteiger partial charge in [-0.05, 0) is 47.8 Å². The van der Waals surface area contributed by atoms with Crippen LogP contribution < -0.4 is 0 Å². The molecule has 1 nitrogen and oxygen atoms in total. The Hall–Kier alpha value is -1.57. The third kappa shape index (κ3) is 3.96. The number of allylic oxidation sites excluding steroid dienone is 2. The van der Waals surface area contributed by atoms with Crippen LogP contribution in [0.5, 0.6) is 0 Å². The Morgan fingerprint density at radius 1 is 1.05 bits per heavy atom. The Morgan fingerprint density at radius 2 is 1.80 bits per heavy atom. The highest BCUT2D eigenvalue weighted by Gasteiger charge is 2.05. The molecule has 2 rings (SSSR count). The molecule has 0 aliphatic rings. The van der Waals surface area contributed by atoms with Crippen molar-refractivity contribution in [1.29, 1.82) is 0 Å². The third-order valence-electron chi connectivity index (χ3n) is 3.09. The lowest BCUT2D eigenvalue weighted by Crippen LogP contribution is -1.91. The van der Waals surface area contributed by atoms with Gasteiger partial charge in [0.2, 0.25) is 0 Å². The van der Waals surface area contributed by atoms with Gasteiger partial charge in [-0.1, -0.05) is 59.6 Å². The fourth-order valence-electron chi connectivity index (χ4n) is 2.05. The molecule has 0 spiro atoms. The maximum Gasteiger partial charge on any atom is 0.143 e. The molecule has 0 amide bonds. The fourth-order valence-corrected chi connectivity index (χ4v) is 2.56. The van der Waals surface area contributed by atoms with Gasteiger partial charge in [-0.2, -0.15) is 0 Å². The van der Waals surface area contributed by atoms with E-state index in [1.165, 1.54) is 0 Å². The lowest BCUT2D eigenvalue weighted by molar-refractivity contribution is -0.104. The van der Waals surface area contributed by atoms with Gasteiger partial charge in [-0.15, -0.1) is 0 Å². The summed E-state index contributed by atoms with van der Waals surface area (Å²) in [7, 11) is 0. The normalized spacial score (nSPS) is 11.4. The van der Waals surface area contributed by atoms with Gasteiger partial charge in [-0.3, -0.25) is 4.79 Å². The highest BCUT2D eigenvalue weighted by atomic mass is 35.5. The maximum absolute atomic E-state index is 10.8. The SMILES string of the molecule is O=C/C=C(/CCc1ccc(Cl)cc1Cl)c1ccccc1. The van der Waals surface area contributed by atoms with Crippen LogP contribution in [0.3, 0.4) is 0 Å². The summed E-state index contributed by atoms with van der Waals surface area (Å²) in [5.41, 5.74) is 3.10. The Balaban J connectivity index is 2.14. The highest BCUT2D eigenvalue weighted by molar-refractivity contribution is 6.35. The minimum Gasteiger partial charge on any atom is -0.299 e. The summed E-state index contributed by atoms with van der Waals surface area (Å²) in [6, 6.07) is 15.4. The van der Waals surface area contributed by atoms with Crippen LogP contribution in [0.4, 0.5) is 0 Å². The summed E-state index contributed by atoms with van der Waals surface area (Å²) in [5, 5.41) is 1.29. The largest absolute Gasteiger partial charge is 0.299 e. The van der Waals surface area contributed by atoms with Crippen molar-refractivity contribution in [2.75, 3.05) is 0 Å². The van der Waals surface area contributed by atoms with E-state index in [2.05, 4.69) is 0 Å². The number of halogens is 2. The van der Waals surface area contributed by atoms with Crippen LogP contribution in [0, 0.1) is 0 Å². The van der Waals surface area contributed by atoms with Crippen molar-refractivity contribution in [1.82, 2.24) is 0 Å². The first-order valence-corrected chi connectivity index (χ1v) is 7.10. The maximum atomic E-state index is 10.8. The summed E-state index contributed by atoms with van der Waals surface area (Å²) >= 11 is 12.0. The molecule has 0 aromatic heterocycles. The Morgan fingerprint density at radius 3 is 2.45 bits per heavy atom. The minimum atomic E-state index is 0.630. The van der Waals surface area contributed by atoms with E-state index in [4.69, 9.17) is 23.2 Å². The fraction of sp³-hybridized carbons (Fsp3) is 0.118. The van der Waals surface area contributed by atoms with E-state index in [-0.39, 0.29) is 0 Å². The standard InChI is InChI=1S/C17H14Cl2O/c18-16-9-8-15(17(19)12-16)7-6-14(10-11-20)13-4-2-1-3-5-13/h1-5,8-12H,6-7H2/b14-10-. The van der Waals surface area contributed by atoms with E-state index < -0.39 is 0 Å². The smallest absolute Gasteiger partial charge is 0.143 e. The van der Waals surface area contributed by atoms with Gasteiger partial charge in [0, 0.05) is 10.0 Å². The molecule has 0 N–H and O–H groups in total. The van der Waals surface area contributed by atoms with Gasteiger partial charge in [-0.25, -0.2) is 0 Å². The van der Waals surface area contributed by atoms with Gasteiger partial charge in [0.15, 0.2) is 0 Å². The van der Waals surface area contributed by atoms with Crippen LogP contribution in [0.2, 0.25) is 10.0 Å². The minimum absolute atomic E-state index is 0.630. The molecule has 20 heavy (non-hydrogen) atoms. The number of aldehydes is 1. The first kappa shape index (κ1) is 14.8. The molecule has 0 fully saturated rings. The molecule has 102 valence electrons. The molecule has 0 radical (unpaired) electrons. The molecular weight excluding hydrogens is 291 g/mol. The second-order valence-electron chi connectivity index (χ2n) is 4.43. The average Bonchev–Trinajstić information content (AvgIpc) is 2.46. The molecule has 2 aromatic rings. The first-order valence-electron chi connectivity index (χ1n) is 6.34. The third-order valence-corrected chi connectivity index (χ3v) is 3.68. The summed E-state index contributed by atoms with van der Waals surface area (Å²) in [4.78, 5) is 10.8. The zero-order valence-corrected chi connectivity index (χ0v) is 12.4. The molecule has 0 atom stereocenters. The predicted molar refractivity (Wildman–Crippen MR) is 85.3 cm³/mol. The molecule has 2 aromatic carbocycles. The van der Waals surface area contributed by atoms with Crippen LogP contribution in [-0.4, -0.2) is 6.29 Å². The van der Waals surface area contributed by atoms with Crippen molar-refractivity contribution < 1.29 is 4.79 Å². The number of rotatable bonds is 5. The van der Waals surface area contributed by atoms with E-state index in [9.17, 15) is 4.79 Å². The van der Waals surface area contributed by atoms with Gasteiger partial charge in [0.1, 0.15) is 6.29 Å². The van der Waals surface area contributed by atoms with E-state index >= 15 is 0 Å². The van der Waals surface area contributed by atoms with Crippen LogP contribution in [0.15, 0.2) is 54.6 Å². The lowest BCUT2D eigenvalue weighted by atomic mass is 9.98. The lowest BCUT2D eigenvalue weighted by Gasteiger charge is -2.08. The molecule has 0 unspecified atom stereocenters. The van der Waals surface area contributed by atoms with Crippen molar-refractivity contribution in [2.24, 2.45) is 0 Å². The number of carbonyl (C=O) groups is 1. The quantitative estimate of drug-likeness (QED) is 0.547. The molecule has 0 aliphatic heterocycles. The van der Waals surface area contributed by atoms with E-state index in [0.717, 1.165) is 35.8 Å². The summed E-state index contributed by atoms with van der Waals surface area (Å²) in [6.07, 6.45) is 3.96. The van der Waals surface area contributed by atoms with Crippen LogP contribution in [0.25, 0.3) is 5.57 Å². The molecule has 0 saturated carbocycles. The molecule has 0 aliphatic carbocycles. The zero-order chi connectivity index (χ0) is 14.4. The van der Waals surface area contributed by atoms with Gasteiger partial charge in [0.05, 0.1) is 0 Å². The van der Waals surface area contributed by atoms with E-state index in [1.54, 1.807) is 12.1 Å². The number of carbonyl (C=O) groups excluding carboxylic acids is 1. The first-order chi connectivity index (χ1) is 9.70. The van der Waals surface area contributed by atoms with Gasteiger partial charge >= 0.3 is 0 Å². The predicted octanol–water partition coefficient (Wildman–Crippen LogP) is 5.21. The molecule has 0 bridgehead atoms. The van der Waals surface area contributed by atoms with Crippen molar-refractivity contribution in [2.45, 2.75) is 12.8 Å². The molecule has 3 heteroatoms. The number of hydrogen-bond acceptors (Lipinski definition) is 1. The second-order valence-corrected chi connectivity index (χ2v) is 5.27. The van der Waals surface area contributed by atoms with E-state index in [1.807, 2.05) is 42.5 Å². The number of aryl methyl sites for hydroxylation is 1. The van der Waals surface area contributed by atoms with Crippen LogP contribution >= 0.6 is 23.2 Å². The summed E-state index contributed by atoms with van der Waals surface area (Å²) in [5.74, 6) is 0. The number of hydrogen-bond donors (Lipinski definition) is 0. The second kappa shape index (κ2) is 7.28. The Kier molecular flexibility index (Phi) is 5.40. The van der Waals surface area contributed by atoms with Crippen molar-refractivity contribution in [3.8, 4) is 0 Å². The van der Waals surface area contributed by atoms with Gasteiger partial charge in [0.25, 0.3) is 0 Å². The van der Waals surface area contributed by atoms with Crippen molar-refractivity contribution >= 4 is 35.1 Å². The molecule has 0 heterocycles. The monoisotopic (exact) mass is 304 g/mol. The Bertz CT molecular complexity index is 618. The zero-order valence-electron chi connectivity index (χ0n) is 10.9. The highest BCUT2D eigenvalue weighted by Crippen LogP contribution is 2.25. The van der Waals surface area contributed by atoms with Crippen LogP contribution in [0.1, 0.15) is 17.5 Å². The van der Waals surface area contributed by atoms with E-state index in [0.29, 0.717) is 10.0 Å². The summed E-state index contributed by atoms with van der Waals surface area (Å²) in [6.45, 7) is 0. The van der Waals surface area contributed by atoms with Crippen molar-refractivity contribution in [3.63, 3.8) is 0 Å². The molecule has 0 saturated heterocycles.